The molecule has 3 heterocycles. The summed E-state index contributed by atoms with van der Waals surface area (Å²) in [7, 11) is 1.63. The van der Waals surface area contributed by atoms with E-state index >= 15 is 0 Å². The molecular formula is C28H28I2N3O4-. The van der Waals surface area contributed by atoms with Crippen LogP contribution in [0.15, 0.2) is 72.3 Å². The summed E-state index contributed by atoms with van der Waals surface area (Å²) >= 11 is 1.69. The van der Waals surface area contributed by atoms with Crippen molar-refractivity contribution in [3.05, 3.63) is 99.0 Å². The number of hydrogen-bond donors (Lipinski definition) is 1. The summed E-state index contributed by atoms with van der Waals surface area (Å²) in [5.74, 6) is 1.32. The summed E-state index contributed by atoms with van der Waals surface area (Å²) in [4.78, 5) is 22.8. The molecule has 1 aromatic carbocycles. The first kappa shape index (κ1) is 27.5. The Morgan fingerprint density at radius 2 is 1.89 bits per heavy atom. The van der Waals surface area contributed by atoms with Gasteiger partial charge in [0.2, 0.25) is 0 Å². The second-order valence-electron chi connectivity index (χ2n) is 9.07. The number of pyridine rings is 2. The van der Waals surface area contributed by atoms with Gasteiger partial charge in [-0.15, -0.1) is 0 Å². The zero-order valence-corrected chi connectivity index (χ0v) is 25.6. The average Bonchev–Trinajstić information content (AvgIpc) is 3.14. The molecule has 0 bridgehead atoms. The molecule has 1 aliphatic rings. The van der Waals surface area contributed by atoms with Crippen molar-refractivity contribution in [3.8, 4) is 17.2 Å². The molecule has 37 heavy (non-hydrogen) atoms. The number of hydrogen-bond acceptors (Lipinski definition) is 6. The second kappa shape index (κ2) is 11.5. The Morgan fingerprint density at radius 1 is 1.16 bits per heavy atom. The largest absolute Gasteiger partial charge is 0.0519 e. The van der Waals surface area contributed by atoms with Crippen LogP contribution in [0.4, 0.5) is 0 Å². The Morgan fingerprint density at radius 3 is 2.57 bits per heavy atom. The summed E-state index contributed by atoms with van der Waals surface area (Å²) in [6.07, 6.45) is 3.70. The third-order valence-electron chi connectivity index (χ3n) is 5.76. The van der Waals surface area contributed by atoms with Gasteiger partial charge < -0.3 is 4.74 Å². The summed E-state index contributed by atoms with van der Waals surface area (Å²) in [6, 6.07) is 11.4. The molecule has 0 saturated carbocycles. The molecule has 3 aromatic rings. The molecule has 9 heteroatoms. The molecule has 2 aromatic heterocycles. The fraction of sp³-hybridized carbons (Fsp3) is 0.250. The predicted octanol–water partition coefficient (Wildman–Crippen LogP) is 2.06. The van der Waals surface area contributed by atoms with Gasteiger partial charge in [0.25, 0.3) is 0 Å². The topological polar surface area (TPSA) is 85.9 Å². The number of halogens is 2. The molecule has 7 nitrogen and oxygen atoms in total. The molecule has 1 N–H and O–H groups in total. The summed E-state index contributed by atoms with van der Waals surface area (Å²) in [5.41, 5.74) is 4.04. The second-order valence-corrected chi connectivity index (χ2v) is 12.2. The average molecular weight is 724 g/mol. The van der Waals surface area contributed by atoms with Gasteiger partial charge in [-0.25, -0.2) is 0 Å². The van der Waals surface area contributed by atoms with Gasteiger partial charge in [-0.2, -0.15) is 0 Å². The molecule has 194 valence electrons. The molecule has 0 amide bonds. The van der Waals surface area contributed by atoms with Crippen LogP contribution in [0, 0.1) is 17.4 Å². The molecule has 0 aliphatic carbocycles. The Balaban J connectivity index is 1.69. The van der Waals surface area contributed by atoms with Crippen LogP contribution >= 0.6 is 22.6 Å². The predicted molar refractivity (Wildman–Crippen MR) is 149 cm³/mol. The third-order valence-corrected chi connectivity index (χ3v) is 8.48. The first-order valence-electron chi connectivity index (χ1n) is 11.5. The van der Waals surface area contributed by atoms with Crippen molar-refractivity contribution in [2.24, 2.45) is 4.99 Å². The van der Waals surface area contributed by atoms with E-state index < -0.39 is 5.60 Å². The SMILES string of the molecule is COc1ccc(COc2cc(C)n(-c3cc(C4=NC(C(C)(C)O)=C[I-]C=C4)ncc3C)c(=O)c2I)cc1. The van der Waals surface area contributed by atoms with Crippen molar-refractivity contribution >= 4 is 28.3 Å². The van der Waals surface area contributed by atoms with E-state index in [2.05, 4.69) is 9.07 Å². The molecular weight excluding hydrogens is 696 g/mol. The van der Waals surface area contributed by atoms with Crippen molar-refractivity contribution in [1.82, 2.24) is 9.55 Å². The van der Waals surface area contributed by atoms with Gasteiger partial charge in [0, 0.05) is 0 Å². The first-order valence-corrected chi connectivity index (χ1v) is 15.1. The van der Waals surface area contributed by atoms with Gasteiger partial charge in [-0.3, -0.25) is 0 Å². The molecule has 0 unspecified atom stereocenters. The fourth-order valence-electron chi connectivity index (χ4n) is 3.66. The number of nitrogens with zero attached hydrogens (tertiary/aromatic N) is 3. The van der Waals surface area contributed by atoms with Crippen LogP contribution < -0.4 is 36.2 Å². The number of aromatic nitrogens is 2. The number of aryl methyl sites for hydroxylation is 2. The van der Waals surface area contributed by atoms with Crippen molar-refractivity contribution in [3.63, 3.8) is 0 Å². The van der Waals surface area contributed by atoms with Crippen molar-refractivity contribution in [1.29, 1.82) is 0 Å². The van der Waals surface area contributed by atoms with Gasteiger partial charge in [0.15, 0.2) is 0 Å². The summed E-state index contributed by atoms with van der Waals surface area (Å²) in [5, 5.41) is 10.5. The van der Waals surface area contributed by atoms with E-state index in [1.807, 2.05) is 83.0 Å². The molecule has 0 atom stereocenters. The van der Waals surface area contributed by atoms with Gasteiger partial charge in [-0.05, 0) is 17.7 Å². The minimum atomic E-state index is -1.05. The Kier molecular flexibility index (Phi) is 8.54. The minimum absolute atomic E-state index is 0.160. The van der Waals surface area contributed by atoms with E-state index in [0.717, 1.165) is 28.3 Å². The Labute approximate surface area is 240 Å². The standard InChI is InChI=1S/C28H28I2N3O4/c1-17-15-31-22(21-10-11-30-14-25(32-21)28(3,4)35)13-23(17)33-18(2)12-24(26(29)27(33)34)37-16-19-6-8-20(36-5)9-7-19/h6-15,35H,16H2,1-5H3/q-1. The van der Waals surface area contributed by atoms with E-state index in [0.29, 0.717) is 33.0 Å². The van der Waals surface area contributed by atoms with Crippen LogP contribution in [0.2, 0.25) is 0 Å². The monoisotopic (exact) mass is 724 g/mol. The Hall–Kier alpha value is -2.51. The van der Waals surface area contributed by atoms with E-state index in [4.69, 9.17) is 14.5 Å². The fourth-order valence-corrected chi connectivity index (χ4v) is 6.21. The van der Waals surface area contributed by atoms with Crippen LogP contribution in [-0.2, 0) is 6.61 Å². The quantitative estimate of drug-likeness (QED) is 0.378. The van der Waals surface area contributed by atoms with Crippen LogP contribution in [0.25, 0.3) is 5.69 Å². The van der Waals surface area contributed by atoms with E-state index in [-0.39, 0.29) is 26.8 Å². The van der Waals surface area contributed by atoms with Crippen molar-refractivity contribution in [2.75, 3.05) is 7.11 Å². The van der Waals surface area contributed by atoms with Crippen LogP contribution in [0.3, 0.4) is 0 Å². The van der Waals surface area contributed by atoms with Crippen LogP contribution in [0.5, 0.6) is 11.5 Å². The van der Waals surface area contributed by atoms with E-state index in [1.165, 1.54) is 0 Å². The van der Waals surface area contributed by atoms with Crippen LogP contribution in [0.1, 0.15) is 36.4 Å². The number of methoxy groups -OCH3 is 1. The Bertz CT molecular complexity index is 1470. The number of aliphatic imine (C=N–C) groups is 1. The molecule has 0 fully saturated rings. The minimum Gasteiger partial charge on any atom is -0.0519 e. The maximum atomic E-state index is 13.5. The van der Waals surface area contributed by atoms with Gasteiger partial charge in [-0.1, -0.05) is 12.1 Å². The number of benzene rings is 1. The molecule has 4 rings (SSSR count). The van der Waals surface area contributed by atoms with Gasteiger partial charge >= 0.3 is 194 Å². The molecule has 0 radical (unpaired) electrons. The van der Waals surface area contributed by atoms with Gasteiger partial charge in [0.1, 0.15) is 5.75 Å². The number of allylic oxidation sites excluding steroid dienone is 1. The van der Waals surface area contributed by atoms with E-state index in [1.54, 1.807) is 31.7 Å². The third kappa shape index (κ3) is 6.32. The summed E-state index contributed by atoms with van der Waals surface area (Å²) < 4.78 is 17.5. The zero-order chi connectivity index (χ0) is 26.7. The molecule has 0 spiro atoms. The number of rotatable bonds is 7. The van der Waals surface area contributed by atoms with Crippen molar-refractivity contribution in [2.45, 2.75) is 39.9 Å². The van der Waals surface area contributed by atoms with Crippen molar-refractivity contribution < 1.29 is 35.8 Å². The maximum absolute atomic E-state index is 13.5. The first-order chi connectivity index (χ1) is 17.6. The zero-order valence-electron chi connectivity index (χ0n) is 21.3. The van der Waals surface area contributed by atoms with E-state index in [9.17, 15) is 9.90 Å². The molecule has 0 saturated heterocycles. The number of ether oxygens (including phenoxy) is 2. The van der Waals surface area contributed by atoms with Crippen LogP contribution in [-0.4, -0.2) is 33.1 Å². The normalized spacial score (nSPS) is 13.8. The molecule has 1 aliphatic heterocycles. The maximum Gasteiger partial charge on any atom is -0.0196 e. The summed E-state index contributed by atoms with van der Waals surface area (Å²) in [6.45, 7) is 7.61. The smallest absolute Gasteiger partial charge is 0.0196 e. The van der Waals surface area contributed by atoms with Gasteiger partial charge in [0.05, 0.1) is 7.11 Å². The number of aliphatic hydroxyl groups is 1.